The van der Waals surface area contributed by atoms with Crippen molar-refractivity contribution < 1.29 is 19.0 Å². The van der Waals surface area contributed by atoms with Crippen molar-refractivity contribution in [1.29, 1.82) is 0 Å². The van der Waals surface area contributed by atoms with E-state index in [0.29, 0.717) is 47.9 Å². The molecule has 0 unspecified atom stereocenters. The summed E-state index contributed by atoms with van der Waals surface area (Å²) < 4.78 is 16.3. The topological polar surface area (TPSA) is 60.0 Å². The number of amides is 1. The summed E-state index contributed by atoms with van der Waals surface area (Å²) in [4.78, 5) is 14.7. The summed E-state index contributed by atoms with van der Waals surface area (Å²) in [5.74, 6) is 2.69. The van der Waals surface area contributed by atoms with Crippen LogP contribution in [0.15, 0.2) is 36.4 Å². The molecular weight excluding hydrogens is 404 g/mol. The van der Waals surface area contributed by atoms with Crippen molar-refractivity contribution in [1.82, 2.24) is 4.90 Å². The number of methoxy groups -OCH3 is 1. The molecular formula is C23H27ClN2O4. The molecule has 1 fully saturated rings. The number of carbonyl (C=O) groups excluding carboxylic acids is 1. The van der Waals surface area contributed by atoms with Crippen molar-refractivity contribution in [2.45, 2.75) is 19.3 Å². The maximum Gasteiger partial charge on any atom is 0.238 e. The van der Waals surface area contributed by atoms with E-state index < -0.39 is 0 Å². The Labute approximate surface area is 182 Å². The molecule has 6 nitrogen and oxygen atoms in total. The fourth-order valence-electron chi connectivity index (χ4n) is 4.00. The van der Waals surface area contributed by atoms with Crippen LogP contribution in [-0.2, 0) is 11.2 Å². The summed E-state index contributed by atoms with van der Waals surface area (Å²) >= 11 is 6.29. The van der Waals surface area contributed by atoms with Gasteiger partial charge in [-0.1, -0.05) is 23.7 Å². The fraction of sp³-hybridized carbons (Fsp3) is 0.435. The molecule has 0 spiro atoms. The average molecular weight is 431 g/mol. The molecule has 0 bridgehead atoms. The van der Waals surface area contributed by atoms with E-state index in [2.05, 4.69) is 22.3 Å². The number of halogens is 1. The zero-order valence-corrected chi connectivity index (χ0v) is 17.9. The molecule has 0 aromatic heterocycles. The Morgan fingerprint density at radius 2 is 1.80 bits per heavy atom. The standard InChI is InChI=1S/C23H27ClN2O4/c1-28-18-4-2-16(3-5-18)12-17-6-8-26(9-7-17)15-23(27)25-20-14-22-21(13-19(20)24)29-10-11-30-22/h2-5,13-14,17H,6-12,15H2,1H3,(H,25,27). The van der Waals surface area contributed by atoms with Gasteiger partial charge in [0.05, 0.1) is 24.4 Å². The Hall–Kier alpha value is -2.44. The van der Waals surface area contributed by atoms with Gasteiger partial charge in [0.1, 0.15) is 19.0 Å². The van der Waals surface area contributed by atoms with Crippen LogP contribution in [0, 0.1) is 5.92 Å². The third-order valence-electron chi connectivity index (χ3n) is 5.66. The lowest BCUT2D eigenvalue weighted by Gasteiger charge is -2.31. The van der Waals surface area contributed by atoms with Crippen LogP contribution >= 0.6 is 11.6 Å². The molecule has 0 radical (unpaired) electrons. The van der Waals surface area contributed by atoms with Crippen LogP contribution in [0.3, 0.4) is 0 Å². The van der Waals surface area contributed by atoms with E-state index in [4.69, 9.17) is 25.8 Å². The molecule has 2 heterocycles. The number of fused-ring (bicyclic) bond motifs is 1. The highest BCUT2D eigenvalue weighted by Gasteiger charge is 2.22. The number of benzene rings is 2. The first kappa shape index (κ1) is 20.8. The second-order valence-electron chi connectivity index (χ2n) is 7.80. The third kappa shape index (κ3) is 5.18. The lowest BCUT2D eigenvalue weighted by Crippen LogP contribution is -2.39. The molecule has 0 saturated carbocycles. The van der Waals surface area contributed by atoms with E-state index >= 15 is 0 Å². The van der Waals surface area contributed by atoms with Gasteiger partial charge >= 0.3 is 0 Å². The van der Waals surface area contributed by atoms with Gasteiger partial charge in [0.15, 0.2) is 11.5 Å². The predicted molar refractivity (Wildman–Crippen MR) is 117 cm³/mol. The number of anilines is 1. The number of rotatable bonds is 6. The zero-order chi connectivity index (χ0) is 20.9. The Kier molecular flexibility index (Phi) is 6.65. The normalized spacial score (nSPS) is 16.9. The van der Waals surface area contributed by atoms with Gasteiger partial charge in [0.2, 0.25) is 5.91 Å². The first-order valence-electron chi connectivity index (χ1n) is 10.3. The fourth-order valence-corrected chi connectivity index (χ4v) is 4.20. The van der Waals surface area contributed by atoms with Gasteiger partial charge in [-0.25, -0.2) is 0 Å². The SMILES string of the molecule is COc1ccc(CC2CCN(CC(=O)Nc3cc4c(cc3Cl)OCCO4)CC2)cc1. The van der Waals surface area contributed by atoms with Crippen molar-refractivity contribution in [3.63, 3.8) is 0 Å². The summed E-state index contributed by atoms with van der Waals surface area (Å²) in [5.41, 5.74) is 1.89. The van der Waals surface area contributed by atoms with Crippen molar-refractivity contribution in [3.8, 4) is 17.2 Å². The van der Waals surface area contributed by atoms with Crippen molar-refractivity contribution in [2.75, 3.05) is 45.3 Å². The van der Waals surface area contributed by atoms with Gasteiger partial charge in [-0.3, -0.25) is 9.69 Å². The number of hydrogen-bond acceptors (Lipinski definition) is 5. The van der Waals surface area contributed by atoms with Crippen LogP contribution in [0.2, 0.25) is 5.02 Å². The molecule has 2 aliphatic heterocycles. The molecule has 1 amide bonds. The highest BCUT2D eigenvalue weighted by Crippen LogP contribution is 2.38. The molecule has 0 aliphatic carbocycles. The van der Waals surface area contributed by atoms with Crippen molar-refractivity contribution in [3.05, 3.63) is 47.0 Å². The van der Waals surface area contributed by atoms with Gasteiger partial charge in [-0.15, -0.1) is 0 Å². The van der Waals surface area contributed by atoms with E-state index in [1.807, 2.05) is 12.1 Å². The largest absolute Gasteiger partial charge is 0.497 e. The second-order valence-corrected chi connectivity index (χ2v) is 8.20. The first-order chi connectivity index (χ1) is 14.6. The number of likely N-dealkylation sites (tertiary alicyclic amines) is 1. The minimum absolute atomic E-state index is 0.0674. The number of nitrogens with one attached hydrogen (secondary N) is 1. The molecule has 30 heavy (non-hydrogen) atoms. The monoisotopic (exact) mass is 430 g/mol. The van der Waals surface area contributed by atoms with Crippen molar-refractivity contribution in [2.24, 2.45) is 5.92 Å². The summed E-state index contributed by atoms with van der Waals surface area (Å²) in [6, 6.07) is 11.7. The number of piperidine rings is 1. The molecule has 4 rings (SSSR count). The average Bonchev–Trinajstić information content (AvgIpc) is 2.76. The molecule has 2 aliphatic rings. The van der Waals surface area contributed by atoms with Crippen LogP contribution in [0.5, 0.6) is 17.2 Å². The molecule has 160 valence electrons. The summed E-state index contributed by atoms with van der Waals surface area (Å²) in [6.07, 6.45) is 3.24. The van der Waals surface area contributed by atoms with Crippen LogP contribution in [-0.4, -0.2) is 50.8 Å². The van der Waals surface area contributed by atoms with Crippen molar-refractivity contribution >= 4 is 23.2 Å². The molecule has 1 saturated heterocycles. The maximum absolute atomic E-state index is 12.5. The Bertz CT molecular complexity index is 880. The Morgan fingerprint density at radius 3 is 2.47 bits per heavy atom. The maximum atomic E-state index is 12.5. The van der Waals surface area contributed by atoms with Crippen LogP contribution in [0.25, 0.3) is 0 Å². The number of nitrogens with zero attached hydrogens (tertiary/aromatic N) is 1. The van der Waals surface area contributed by atoms with Gasteiger partial charge in [0.25, 0.3) is 0 Å². The van der Waals surface area contributed by atoms with E-state index in [1.165, 1.54) is 5.56 Å². The van der Waals surface area contributed by atoms with Crippen LogP contribution in [0.4, 0.5) is 5.69 Å². The van der Waals surface area contributed by atoms with E-state index in [-0.39, 0.29) is 5.91 Å². The van der Waals surface area contributed by atoms with Crippen LogP contribution in [0.1, 0.15) is 18.4 Å². The summed E-state index contributed by atoms with van der Waals surface area (Å²) in [7, 11) is 1.68. The minimum Gasteiger partial charge on any atom is -0.497 e. The molecule has 0 atom stereocenters. The van der Waals surface area contributed by atoms with Gasteiger partial charge in [-0.2, -0.15) is 0 Å². The predicted octanol–water partition coefficient (Wildman–Crippen LogP) is 4.01. The summed E-state index contributed by atoms with van der Waals surface area (Å²) in [5, 5.41) is 3.36. The molecule has 7 heteroatoms. The highest BCUT2D eigenvalue weighted by molar-refractivity contribution is 6.34. The number of ether oxygens (including phenoxy) is 3. The molecule has 1 N–H and O–H groups in total. The van der Waals surface area contributed by atoms with Gasteiger partial charge in [0, 0.05) is 12.1 Å². The summed E-state index contributed by atoms with van der Waals surface area (Å²) in [6.45, 7) is 3.20. The van der Waals surface area contributed by atoms with Crippen LogP contribution < -0.4 is 19.5 Å². The third-order valence-corrected chi connectivity index (χ3v) is 5.98. The lowest BCUT2D eigenvalue weighted by molar-refractivity contribution is -0.117. The lowest BCUT2D eigenvalue weighted by atomic mass is 9.90. The minimum atomic E-state index is -0.0674. The second kappa shape index (κ2) is 9.58. The first-order valence-corrected chi connectivity index (χ1v) is 10.7. The van der Waals surface area contributed by atoms with Gasteiger partial charge in [-0.05, 0) is 56.0 Å². The Balaban J connectivity index is 1.25. The van der Waals surface area contributed by atoms with E-state index in [1.54, 1.807) is 19.2 Å². The quantitative estimate of drug-likeness (QED) is 0.750. The highest BCUT2D eigenvalue weighted by atomic mass is 35.5. The van der Waals surface area contributed by atoms with E-state index in [9.17, 15) is 4.79 Å². The zero-order valence-electron chi connectivity index (χ0n) is 17.2. The number of hydrogen-bond donors (Lipinski definition) is 1. The molecule has 2 aromatic rings. The van der Waals surface area contributed by atoms with Gasteiger partial charge < -0.3 is 19.5 Å². The number of carbonyl (C=O) groups is 1. The smallest absolute Gasteiger partial charge is 0.238 e. The Morgan fingerprint density at radius 1 is 1.13 bits per heavy atom. The van der Waals surface area contributed by atoms with E-state index in [0.717, 1.165) is 38.1 Å². The molecule has 2 aromatic carbocycles.